The summed E-state index contributed by atoms with van der Waals surface area (Å²) in [6.45, 7) is 0. The van der Waals surface area contributed by atoms with Crippen LogP contribution in [0.25, 0.3) is 0 Å². The van der Waals surface area contributed by atoms with Crippen molar-refractivity contribution in [3.8, 4) is 11.6 Å². The van der Waals surface area contributed by atoms with Crippen molar-refractivity contribution in [3.63, 3.8) is 0 Å². The van der Waals surface area contributed by atoms with Crippen molar-refractivity contribution < 1.29 is 4.74 Å². The summed E-state index contributed by atoms with van der Waals surface area (Å²) < 4.78 is 5.61. The maximum Gasteiger partial charge on any atom is 0.239 e. The first-order valence-corrected chi connectivity index (χ1v) is 6.68. The largest absolute Gasteiger partial charge is 0.437 e. The van der Waals surface area contributed by atoms with Gasteiger partial charge in [0.25, 0.3) is 0 Å². The summed E-state index contributed by atoms with van der Waals surface area (Å²) in [4.78, 5) is 7.99. The van der Waals surface area contributed by atoms with Gasteiger partial charge >= 0.3 is 0 Å². The van der Waals surface area contributed by atoms with Gasteiger partial charge in [-0.15, -0.1) is 0 Å². The smallest absolute Gasteiger partial charge is 0.239 e. The minimum Gasteiger partial charge on any atom is -0.437 e. The number of hydrogen-bond acceptors (Lipinski definition) is 4. The molecule has 0 saturated carbocycles. The Morgan fingerprint density at radius 3 is 2.29 bits per heavy atom. The first-order valence-electron chi connectivity index (χ1n) is 6.68. The van der Waals surface area contributed by atoms with Crippen molar-refractivity contribution in [1.82, 2.24) is 9.97 Å². The SMILES string of the molecule is Nc1cncc(Oc2ccc(Cc3ccccc3)cc2)n1. The minimum absolute atomic E-state index is 0.341. The fourth-order valence-electron chi connectivity index (χ4n) is 2.04. The number of nitrogen functional groups attached to an aromatic ring is 1. The number of benzene rings is 2. The Labute approximate surface area is 123 Å². The number of ether oxygens (including phenoxy) is 1. The van der Waals surface area contributed by atoms with Crippen LogP contribution in [0.15, 0.2) is 67.0 Å². The molecule has 0 fully saturated rings. The van der Waals surface area contributed by atoms with Crippen molar-refractivity contribution in [3.05, 3.63) is 78.1 Å². The number of rotatable bonds is 4. The second-order valence-corrected chi connectivity index (χ2v) is 4.69. The highest BCUT2D eigenvalue weighted by atomic mass is 16.5. The molecular formula is C17H15N3O. The summed E-state index contributed by atoms with van der Waals surface area (Å²) in [7, 11) is 0. The molecule has 0 aliphatic rings. The van der Waals surface area contributed by atoms with E-state index >= 15 is 0 Å². The quantitative estimate of drug-likeness (QED) is 0.793. The lowest BCUT2D eigenvalue weighted by molar-refractivity contribution is 0.461. The van der Waals surface area contributed by atoms with Gasteiger partial charge in [0.1, 0.15) is 11.6 Å². The highest BCUT2D eigenvalue weighted by Gasteiger charge is 2.01. The van der Waals surface area contributed by atoms with Gasteiger partial charge in [-0.1, -0.05) is 42.5 Å². The highest BCUT2D eigenvalue weighted by molar-refractivity contribution is 5.34. The van der Waals surface area contributed by atoms with Crippen LogP contribution < -0.4 is 10.5 Å². The van der Waals surface area contributed by atoms with Crippen LogP contribution in [-0.2, 0) is 6.42 Å². The molecule has 4 heteroatoms. The Balaban J connectivity index is 1.69. The van der Waals surface area contributed by atoms with Crippen LogP contribution in [0.4, 0.5) is 5.82 Å². The van der Waals surface area contributed by atoms with Crippen LogP contribution in [-0.4, -0.2) is 9.97 Å². The normalized spacial score (nSPS) is 10.3. The van der Waals surface area contributed by atoms with Crippen molar-refractivity contribution >= 4 is 5.82 Å². The second-order valence-electron chi connectivity index (χ2n) is 4.69. The van der Waals surface area contributed by atoms with E-state index < -0.39 is 0 Å². The number of hydrogen-bond donors (Lipinski definition) is 1. The Hall–Kier alpha value is -2.88. The molecule has 1 aromatic heterocycles. The molecule has 0 aliphatic carbocycles. The maximum atomic E-state index is 5.61. The molecule has 0 unspecified atom stereocenters. The summed E-state index contributed by atoms with van der Waals surface area (Å²) in [6, 6.07) is 18.3. The summed E-state index contributed by atoms with van der Waals surface area (Å²) in [5.74, 6) is 1.45. The lowest BCUT2D eigenvalue weighted by Crippen LogP contribution is -1.95. The molecule has 0 aliphatic heterocycles. The molecule has 3 aromatic rings. The first-order chi connectivity index (χ1) is 10.3. The Morgan fingerprint density at radius 1 is 0.857 bits per heavy atom. The molecule has 104 valence electrons. The average molecular weight is 277 g/mol. The second kappa shape index (κ2) is 6.05. The number of nitrogens with two attached hydrogens (primary N) is 1. The van der Waals surface area contributed by atoms with E-state index in [1.54, 1.807) is 0 Å². The Kier molecular flexibility index (Phi) is 3.78. The zero-order chi connectivity index (χ0) is 14.5. The van der Waals surface area contributed by atoms with Gasteiger partial charge in [0.05, 0.1) is 12.4 Å². The average Bonchev–Trinajstić information content (AvgIpc) is 2.50. The fraction of sp³-hybridized carbons (Fsp3) is 0.0588. The lowest BCUT2D eigenvalue weighted by Gasteiger charge is -2.06. The molecular weight excluding hydrogens is 262 g/mol. The maximum absolute atomic E-state index is 5.61. The fourth-order valence-corrected chi connectivity index (χ4v) is 2.04. The zero-order valence-electron chi connectivity index (χ0n) is 11.4. The molecule has 0 saturated heterocycles. The van der Waals surface area contributed by atoms with Gasteiger partial charge in [0.2, 0.25) is 5.88 Å². The number of anilines is 1. The third-order valence-corrected chi connectivity index (χ3v) is 3.03. The van der Waals surface area contributed by atoms with Crippen LogP contribution >= 0.6 is 0 Å². The van der Waals surface area contributed by atoms with Gasteiger partial charge in [0, 0.05) is 0 Å². The molecule has 1 heterocycles. The Bertz CT molecular complexity index is 712. The van der Waals surface area contributed by atoms with E-state index in [9.17, 15) is 0 Å². The van der Waals surface area contributed by atoms with Crippen LogP contribution in [0, 0.1) is 0 Å². The van der Waals surface area contributed by atoms with E-state index in [0.717, 1.165) is 6.42 Å². The zero-order valence-corrected chi connectivity index (χ0v) is 11.4. The standard InChI is InChI=1S/C17H15N3O/c18-16-11-19-12-17(20-16)21-15-8-6-14(7-9-15)10-13-4-2-1-3-5-13/h1-9,11-12H,10H2,(H2,18,20). The summed E-state index contributed by atoms with van der Waals surface area (Å²) in [5.41, 5.74) is 8.08. The highest BCUT2D eigenvalue weighted by Crippen LogP contribution is 2.20. The molecule has 0 spiro atoms. The molecule has 0 radical (unpaired) electrons. The van der Waals surface area contributed by atoms with Crippen molar-refractivity contribution in [1.29, 1.82) is 0 Å². The molecule has 21 heavy (non-hydrogen) atoms. The molecule has 2 N–H and O–H groups in total. The van der Waals surface area contributed by atoms with Crippen molar-refractivity contribution in [2.75, 3.05) is 5.73 Å². The predicted octanol–water partition coefficient (Wildman–Crippen LogP) is 3.44. The van der Waals surface area contributed by atoms with E-state index in [1.165, 1.54) is 23.5 Å². The van der Waals surface area contributed by atoms with Crippen LogP contribution in [0.2, 0.25) is 0 Å². The van der Waals surface area contributed by atoms with Crippen molar-refractivity contribution in [2.45, 2.75) is 6.42 Å². The number of aromatic nitrogens is 2. The van der Waals surface area contributed by atoms with Gasteiger partial charge in [-0.2, -0.15) is 4.98 Å². The summed E-state index contributed by atoms with van der Waals surface area (Å²) >= 11 is 0. The van der Waals surface area contributed by atoms with E-state index in [2.05, 4.69) is 22.1 Å². The monoisotopic (exact) mass is 277 g/mol. The molecule has 3 rings (SSSR count). The number of nitrogens with zero attached hydrogens (tertiary/aromatic N) is 2. The first kappa shape index (κ1) is 13.1. The summed E-state index contributed by atoms with van der Waals surface area (Å²) in [6.07, 6.45) is 3.92. The van der Waals surface area contributed by atoms with Crippen LogP contribution in [0.1, 0.15) is 11.1 Å². The van der Waals surface area contributed by atoms with E-state index in [-0.39, 0.29) is 0 Å². The van der Waals surface area contributed by atoms with Gasteiger partial charge in [-0.25, -0.2) is 0 Å². The topological polar surface area (TPSA) is 61.0 Å². The summed E-state index contributed by atoms with van der Waals surface area (Å²) in [5, 5.41) is 0. The molecule has 0 amide bonds. The van der Waals surface area contributed by atoms with Crippen LogP contribution in [0.3, 0.4) is 0 Å². The Morgan fingerprint density at radius 2 is 1.57 bits per heavy atom. The third-order valence-electron chi connectivity index (χ3n) is 3.03. The van der Waals surface area contributed by atoms with Crippen molar-refractivity contribution in [2.24, 2.45) is 0 Å². The lowest BCUT2D eigenvalue weighted by atomic mass is 10.1. The van der Waals surface area contributed by atoms with Gasteiger partial charge in [-0.05, 0) is 29.7 Å². The van der Waals surface area contributed by atoms with Gasteiger partial charge < -0.3 is 10.5 Å². The molecule has 0 atom stereocenters. The van der Waals surface area contributed by atoms with Gasteiger partial charge in [-0.3, -0.25) is 4.98 Å². The van der Waals surface area contributed by atoms with E-state index in [1.807, 2.05) is 42.5 Å². The predicted molar refractivity (Wildman–Crippen MR) is 82.2 cm³/mol. The molecule has 0 bridgehead atoms. The van der Waals surface area contributed by atoms with Crippen LogP contribution in [0.5, 0.6) is 11.6 Å². The molecule has 2 aromatic carbocycles. The molecule has 4 nitrogen and oxygen atoms in total. The van der Waals surface area contributed by atoms with E-state index in [4.69, 9.17) is 10.5 Å². The van der Waals surface area contributed by atoms with Gasteiger partial charge in [0.15, 0.2) is 0 Å². The minimum atomic E-state index is 0.341. The third kappa shape index (κ3) is 3.57. The van der Waals surface area contributed by atoms with E-state index in [0.29, 0.717) is 17.4 Å².